The summed E-state index contributed by atoms with van der Waals surface area (Å²) in [5.41, 5.74) is -1.92. The van der Waals surface area contributed by atoms with E-state index in [0.717, 1.165) is 0 Å². The summed E-state index contributed by atoms with van der Waals surface area (Å²) in [7, 11) is 0. The van der Waals surface area contributed by atoms with Crippen LogP contribution in [0.1, 0.15) is 23.6 Å². The van der Waals surface area contributed by atoms with Crippen molar-refractivity contribution in [1.82, 2.24) is 0 Å². The van der Waals surface area contributed by atoms with E-state index in [9.17, 15) is 23.1 Å². The van der Waals surface area contributed by atoms with Gasteiger partial charge in [0.05, 0.1) is 24.2 Å². The lowest BCUT2D eigenvalue weighted by Crippen LogP contribution is -2.11. The Morgan fingerprint density at radius 3 is 2.58 bits per heavy atom. The molecule has 0 unspecified atom stereocenters. The van der Waals surface area contributed by atoms with Gasteiger partial charge in [-0.1, -0.05) is 0 Å². The lowest BCUT2D eigenvalue weighted by atomic mass is 10.0. The molecule has 19 heavy (non-hydrogen) atoms. The maximum absolute atomic E-state index is 12.6. The first kappa shape index (κ1) is 14.8. The van der Waals surface area contributed by atoms with Crippen molar-refractivity contribution in [2.24, 2.45) is 0 Å². The molecule has 0 saturated heterocycles. The quantitative estimate of drug-likeness (QED) is 0.858. The van der Waals surface area contributed by atoms with Gasteiger partial charge in [-0.3, -0.25) is 4.79 Å². The zero-order valence-electron chi connectivity index (χ0n) is 9.91. The summed E-state index contributed by atoms with van der Waals surface area (Å²) in [4.78, 5) is 11.2. The molecule has 0 aliphatic heterocycles. The SMILES string of the molecule is CCOC(=O)Cc1cc(C(F)(F)F)cc(C#N)c1O. The minimum atomic E-state index is -4.66. The predicted octanol–water partition coefficient (Wildman–Crippen LogP) is 2.39. The van der Waals surface area contributed by atoms with Gasteiger partial charge in [0.25, 0.3) is 0 Å². The number of hydrogen-bond acceptors (Lipinski definition) is 4. The Labute approximate surface area is 107 Å². The molecule has 102 valence electrons. The van der Waals surface area contributed by atoms with E-state index in [-0.39, 0.29) is 12.2 Å². The number of esters is 1. The van der Waals surface area contributed by atoms with Gasteiger partial charge in [-0.15, -0.1) is 0 Å². The number of carbonyl (C=O) groups is 1. The first-order chi connectivity index (χ1) is 8.79. The Morgan fingerprint density at radius 2 is 2.11 bits per heavy atom. The van der Waals surface area contributed by atoms with Crippen molar-refractivity contribution in [3.63, 3.8) is 0 Å². The van der Waals surface area contributed by atoms with Crippen LogP contribution in [0.5, 0.6) is 5.75 Å². The molecule has 0 amide bonds. The number of aromatic hydroxyl groups is 1. The molecule has 7 heteroatoms. The monoisotopic (exact) mass is 273 g/mol. The molecule has 1 aromatic rings. The third kappa shape index (κ3) is 3.61. The molecule has 0 aliphatic carbocycles. The second-order valence-electron chi connectivity index (χ2n) is 3.62. The smallest absolute Gasteiger partial charge is 0.416 e. The van der Waals surface area contributed by atoms with Crippen LogP contribution in [0.3, 0.4) is 0 Å². The van der Waals surface area contributed by atoms with Gasteiger partial charge in [0.1, 0.15) is 11.8 Å². The summed E-state index contributed by atoms with van der Waals surface area (Å²) in [5, 5.41) is 18.3. The zero-order chi connectivity index (χ0) is 14.6. The van der Waals surface area contributed by atoms with Gasteiger partial charge in [0.15, 0.2) is 0 Å². The molecule has 4 nitrogen and oxygen atoms in total. The third-order valence-electron chi connectivity index (χ3n) is 2.28. The molecule has 0 aliphatic rings. The van der Waals surface area contributed by atoms with Gasteiger partial charge in [0, 0.05) is 5.56 Å². The standard InChI is InChI=1S/C12H10F3NO3/c1-2-19-10(17)5-7-3-9(12(13,14)15)4-8(6-16)11(7)18/h3-4,18H,2,5H2,1H3. The summed E-state index contributed by atoms with van der Waals surface area (Å²) in [6.07, 6.45) is -5.19. The van der Waals surface area contributed by atoms with Gasteiger partial charge in [-0.05, 0) is 19.1 Å². The molecule has 0 atom stereocenters. The van der Waals surface area contributed by atoms with E-state index in [1.807, 2.05) is 0 Å². The lowest BCUT2D eigenvalue weighted by Gasteiger charge is -2.11. The molecule has 1 rings (SSSR count). The number of carbonyl (C=O) groups excluding carboxylic acids is 1. The van der Waals surface area contributed by atoms with Crippen molar-refractivity contribution in [3.8, 4) is 11.8 Å². The van der Waals surface area contributed by atoms with Crippen molar-refractivity contribution < 1.29 is 27.8 Å². The van der Waals surface area contributed by atoms with E-state index in [2.05, 4.69) is 4.74 Å². The third-order valence-corrected chi connectivity index (χ3v) is 2.28. The molecule has 0 spiro atoms. The Bertz CT molecular complexity index is 532. The first-order valence-electron chi connectivity index (χ1n) is 5.28. The van der Waals surface area contributed by atoms with Gasteiger partial charge in [0.2, 0.25) is 0 Å². The Balaban J connectivity index is 3.23. The predicted molar refractivity (Wildman–Crippen MR) is 58.2 cm³/mol. The normalized spacial score (nSPS) is 10.9. The highest BCUT2D eigenvalue weighted by atomic mass is 19.4. The van der Waals surface area contributed by atoms with Gasteiger partial charge >= 0.3 is 12.1 Å². The number of rotatable bonds is 3. The zero-order valence-corrected chi connectivity index (χ0v) is 9.91. The number of hydrogen-bond donors (Lipinski definition) is 1. The molecule has 1 N–H and O–H groups in total. The molecule has 0 heterocycles. The minimum absolute atomic E-state index is 0.0731. The number of benzene rings is 1. The van der Waals surface area contributed by atoms with Crippen molar-refractivity contribution in [3.05, 3.63) is 28.8 Å². The van der Waals surface area contributed by atoms with Crippen LogP contribution >= 0.6 is 0 Å². The maximum Gasteiger partial charge on any atom is 0.416 e. The Morgan fingerprint density at radius 1 is 1.47 bits per heavy atom. The van der Waals surface area contributed by atoms with Crippen LogP contribution in [-0.2, 0) is 22.1 Å². The molecular formula is C12H10F3NO3. The summed E-state index contributed by atoms with van der Waals surface area (Å²) < 4.78 is 42.4. The number of alkyl halides is 3. The van der Waals surface area contributed by atoms with Crippen LogP contribution in [0.25, 0.3) is 0 Å². The summed E-state index contributed by atoms with van der Waals surface area (Å²) in [6, 6.07) is 2.62. The van der Waals surface area contributed by atoms with Gasteiger partial charge < -0.3 is 9.84 Å². The number of ether oxygens (including phenoxy) is 1. The highest BCUT2D eigenvalue weighted by Crippen LogP contribution is 2.34. The lowest BCUT2D eigenvalue weighted by molar-refractivity contribution is -0.142. The Kier molecular flexibility index (Phi) is 4.38. The average Bonchev–Trinajstić information content (AvgIpc) is 2.30. The Hall–Kier alpha value is -2.23. The van der Waals surface area contributed by atoms with Gasteiger partial charge in [-0.25, -0.2) is 0 Å². The van der Waals surface area contributed by atoms with E-state index in [0.29, 0.717) is 12.1 Å². The minimum Gasteiger partial charge on any atom is -0.506 e. The van der Waals surface area contributed by atoms with E-state index in [1.54, 1.807) is 6.92 Å². The fourth-order valence-corrected chi connectivity index (χ4v) is 1.45. The molecular weight excluding hydrogens is 263 g/mol. The van der Waals surface area contributed by atoms with E-state index >= 15 is 0 Å². The van der Waals surface area contributed by atoms with Gasteiger partial charge in [-0.2, -0.15) is 18.4 Å². The topological polar surface area (TPSA) is 70.3 Å². The first-order valence-corrected chi connectivity index (χ1v) is 5.28. The molecule has 0 saturated carbocycles. The van der Waals surface area contributed by atoms with Crippen LogP contribution in [0, 0.1) is 11.3 Å². The number of phenolic OH excluding ortho intramolecular Hbond substituents is 1. The van der Waals surface area contributed by atoms with E-state index in [4.69, 9.17) is 5.26 Å². The van der Waals surface area contributed by atoms with Crippen LogP contribution in [0.15, 0.2) is 12.1 Å². The molecule has 0 radical (unpaired) electrons. The molecule has 0 aromatic heterocycles. The molecule has 0 bridgehead atoms. The second-order valence-corrected chi connectivity index (χ2v) is 3.62. The summed E-state index contributed by atoms with van der Waals surface area (Å²) >= 11 is 0. The molecule has 0 fully saturated rings. The number of nitriles is 1. The average molecular weight is 273 g/mol. The number of phenols is 1. The fraction of sp³-hybridized carbons (Fsp3) is 0.333. The largest absolute Gasteiger partial charge is 0.506 e. The highest BCUT2D eigenvalue weighted by Gasteiger charge is 2.32. The highest BCUT2D eigenvalue weighted by molar-refractivity contribution is 5.74. The van der Waals surface area contributed by atoms with Crippen molar-refractivity contribution >= 4 is 5.97 Å². The maximum atomic E-state index is 12.6. The fourth-order valence-electron chi connectivity index (χ4n) is 1.45. The van der Waals surface area contributed by atoms with E-state index in [1.165, 1.54) is 6.07 Å². The van der Waals surface area contributed by atoms with Crippen molar-refractivity contribution in [2.75, 3.05) is 6.61 Å². The second kappa shape index (κ2) is 5.61. The van der Waals surface area contributed by atoms with Crippen LogP contribution in [0.2, 0.25) is 0 Å². The summed E-state index contributed by atoms with van der Waals surface area (Å²) in [6.45, 7) is 1.62. The number of halogens is 3. The van der Waals surface area contributed by atoms with E-state index < -0.39 is 35.4 Å². The number of nitrogens with zero attached hydrogens (tertiary/aromatic N) is 1. The van der Waals surface area contributed by atoms with Crippen LogP contribution in [0.4, 0.5) is 13.2 Å². The summed E-state index contributed by atoms with van der Waals surface area (Å²) in [5.74, 6) is -1.41. The van der Waals surface area contributed by atoms with Crippen molar-refractivity contribution in [1.29, 1.82) is 5.26 Å². The van der Waals surface area contributed by atoms with Crippen LogP contribution < -0.4 is 0 Å². The van der Waals surface area contributed by atoms with Crippen LogP contribution in [-0.4, -0.2) is 17.7 Å². The molecule has 1 aromatic carbocycles. The van der Waals surface area contributed by atoms with Crippen molar-refractivity contribution in [2.45, 2.75) is 19.5 Å².